The highest BCUT2D eigenvalue weighted by Gasteiger charge is 2.15. The van der Waals surface area contributed by atoms with Crippen LogP contribution in [0.3, 0.4) is 0 Å². The third-order valence-electron chi connectivity index (χ3n) is 3.92. The van der Waals surface area contributed by atoms with E-state index in [-0.39, 0.29) is 0 Å². The number of hydrogen-bond acceptors (Lipinski definition) is 6. The molecule has 0 fully saturated rings. The summed E-state index contributed by atoms with van der Waals surface area (Å²) < 4.78 is 5.52. The first-order valence-corrected chi connectivity index (χ1v) is 9.10. The van der Waals surface area contributed by atoms with Gasteiger partial charge in [-0.1, -0.05) is 47.6 Å². The van der Waals surface area contributed by atoms with Gasteiger partial charge in [-0.3, -0.25) is 0 Å². The molecule has 0 unspecified atom stereocenters. The molecule has 0 bridgehead atoms. The van der Waals surface area contributed by atoms with Gasteiger partial charge in [0.2, 0.25) is 5.58 Å². The van der Waals surface area contributed by atoms with Crippen molar-refractivity contribution in [2.24, 2.45) is 0 Å². The molecule has 4 rings (SSSR count). The van der Waals surface area contributed by atoms with Crippen molar-refractivity contribution in [1.82, 2.24) is 15.1 Å². The molecule has 0 aliphatic rings. The molecular weight excluding hydrogens is 332 g/mol. The number of nitrogens with zero attached hydrogens (tertiary/aromatic N) is 3. The zero-order valence-corrected chi connectivity index (χ0v) is 14.5. The fraction of sp³-hybridized carbons (Fsp3) is 0.105. The van der Waals surface area contributed by atoms with Gasteiger partial charge in [-0.2, -0.15) is 0 Å². The summed E-state index contributed by atoms with van der Waals surface area (Å²) >= 11 is 1.73. The Morgan fingerprint density at radius 3 is 2.56 bits per heavy atom. The quantitative estimate of drug-likeness (QED) is 0.531. The monoisotopic (exact) mass is 348 g/mol. The summed E-state index contributed by atoms with van der Waals surface area (Å²) in [6.45, 7) is 0.655. The van der Waals surface area contributed by atoms with Gasteiger partial charge in [0.25, 0.3) is 0 Å². The van der Waals surface area contributed by atoms with Crippen molar-refractivity contribution in [3.63, 3.8) is 0 Å². The Morgan fingerprint density at radius 1 is 1.00 bits per heavy atom. The normalized spacial score (nSPS) is 10.9. The minimum Gasteiger partial charge on any atom is -0.363 e. The Hall–Kier alpha value is -2.86. The minimum absolute atomic E-state index is 0.571. The molecule has 0 saturated carbocycles. The van der Waals surface area contributed by atoms with E-state index in [0.717, 1.165) is 11.3 Å². The molecule has 0 amide bonds. The zero-order valence-electron chi connectivity index (χ0n) is 13.6. The average Bonchev–Trinajstić information content (AvgIpc) is 3.12. The molecule has 0 radical (unpaired) electrons. The van der Waals surface area contributed by atoms with Crippen LogP contribution in [0.4, 0.5) is 5.82 Å². The second-order valence-corrected chi connectivity index (χ2v) is 6.38. The highest BCUT2D eigenvalue weighted by molar-refractivity contribution is 7.98. The standard InChI is InChI=1S/C19H16N4OS/c1-25-15-9-7-13(8-10-15)11-20-19-18-17(21-12-22-19)16(23-24-18)14-5-3-2-4-6-14/h2-10,12H,11H2,1H3,(H,20,21,22). The minimum atomic E-state index is 0.571. The lowest BCUT2D eigenvalue weighted by atomic mass is 10.1. The summed E-state index contributed by atoms with van der Waals surface area (Å²) in [6, 6.07) is 18.3. The van der Waals surface area contributed by atoms with E-state index < -0.39 is 0 Å². The van der Waals surface area contributed by atoms with E-state index in [2.05, 4.69) is 51.0 Å². The second-order valence-electron chi connectivity index (χ2n) is 5.50. The lowest BCUT2D eigenvalue weighted by Crippen LogP contribution is -2.02. The fourth-order valence-corrected chi connectivity index (χ4v) is 3.01. The Morgan fingerprint density at radius 2 is 1.80 bits per heavy atom. The maximum Gasteiger partial charge on any atom is 0.228 e. The van der Waals surface area contributed by atoms with Gasteiger partial charge in [0.05, 0.1) is 0 Å². The molecule has 2 aromatic heterocycles. The lowest BCUT2D eigenvalue weighted by Gasteiger charge is -2.06. The van der Waals surface area contributed by atoms with Gasteiger partial charge < -0.3 is 9.84 Å². The van der Waals surface area contributed by atoms with Crippen LogP contribution in [-0.2, 0) is 6.54 Å². The number of nitrogens with one attached hydrogen (secondary N) is 1. The maximum absolute atomic E-state index is 5.52. The van der Waals surface area contributed by atoms with Gasteiger partial charge in [0.15, 0.2) is 5.82 Å². The summed E-state index contributed by atoms with van der Waals surface area (Å²) in [4.78, 5) is 9.89. The van der Waals surface area contributed by atoms with Crippen LogP contribution in [0.15, 0.2) is 70.3 Å². The van der Waals surface area contributed by atoms with Crippen molar-refractivity contribution in [1.29, 1.82) is 0 Å². The highest BCUT2D eigenvalue weighted by Crippen LogP contribution is 2.29. The molecule has 25 heavy (non-hydrogen) atoms. The summed E-state index contributed by atoms with van der Waals surface area (Å²) in [5, 5.41) is 7.50. The molecule has 6 heteroatoms. The molecule has 5 nitrogen and oxygen atoms in total. The Bertz CT molecular complexity index is 983. The average molecular weight is 348 g/mol. The van der Waals surface area contributed by atoms with E-state index in [4.69, 9.17) is 4.52 Å². The highest BCUT2D eigenvalue weighted by atomic mass is 32.2. The molecule has 0 saturated heterocycles. The first-order chi connectivity index (χ1) is 12.3. The van der Waals surface area contributed by atoms with E-state index in [9.17, 15) is 0 Å². The Kier molecular flexibility index (Phi) is 4.35. The molecule has 2 aromatic carbocycles. The van der Waals surface area contributed by atoms with Gasteiger partial charge in [-0.15, -0.1) is 11.8 Å². The van der Waals surface area contributed by atoms with E-state index in [0.29, 0.717) is 23.5 Å². The van der Waals surface area contributed by atoms with E-state index in [1.165, 1.54) is 16.8 Å². The summed E-state index contributed by atoms with van der Waals surface area (Å²) in [5.41, 5.74) is 4.15. The summed E-state index contributed by atoms with van der Waals surface area (Å²) in [6.07, 6.45) is 3.60. The Labute approximate surface area is 149 Å². The predicted molar refractivity (Wildman–Crippen MR) is 101 cm³/mol. The van der Waals surface area contributed by atoms with Crippen LogP contribution in [0.5, 0.6) is 0 Å². The molecule has 1 N–H and O–H groups in total. The number of hydrogen-bond donors (Lipinski definition) is 1. The van der Waals surface area contributed by atoms with E-state index >= 15 is 0 Å². The topological polar surface area (TPSA) is 63.8 Å². The molecule has 124 valence electrons. The molecule has 4 aromatic rings. The first-order valence-electron chi connectivity index (χ1n) is 7.88. The number of aromatic nitrogens is 3. The number of rotatable bonds is 5. The molecular formula is C19H16N4OS. The van der Waals surface area contributed by atoms with Crippen molar-refractivity contribution >= 4 is 28.7 Å². The first kappa shape index (κ1) is 15.7. The van der Waals surface area contributed by atoms with Gasteiger partial charge in [0, 0.05) is 17.0 Å². The van der Waals surface area contributed by atoms with Crippen molar-refractivity contribution in [3.8, 4) is 11.3 Å². The third-order valence-corrected chi connectivity index (χ3v) is 4.67. The smallest absolute Gasteiger partial charge is 0.228 e. The maximum atomic E-state index is 5.52. The van der Waals surface area contributed by atoms with Gasteiger partial charge >= 0.3 is 0 Å². The van der Waals surface area contributed by atoms with Crippen molar-refractivity contribution in [3.05, 3.63) is 66.5 Å². The molecule has 2 heterocycles. The SMILES string of the molecule is CSc1ccc(CNc2ncnc3c(-c4ccccc4)noc23)cc1. The van der Waals surface area contributed by atoms with Crippen LogP contribution >= 0.6 is 11.8 Å². The van der Waals surface area contributed by atoms with E-state index in [1.54, 1.807) is 11.8 Å². The molecule has 0 atom stereocenters. The third kappa shape index (κ3) is 3.21. The van der Waals surface area contributed by atoms with Crippen LogP contribution in [0.1, 0.15) is 5.56 Å². The lowest BCUT2D eigenvalue weighted by molar-refractivity contribution is 0.459. The van der Waals surface area contributed by atoms with Gasteiger partial charge in [-0.05, 0) is 24.0 Å². The van der Waals surface area contributed by atoms with Crippen LogP contribution in [0.25, 0.3) is 22.4 Å². The predicted octanol–water partition coefficient (Wildman–Crippen LogP) is 4.62. The van der Waals surface area contributed by atoms with Crippen molar-refractivity contribution < 1.29 is 4.52 Å². The Balaban J connectivity index is 1.61. The number of fused-ring (bicyclic) bond motifs is 1. The van der Waals surface area contributed by atoms with Gasteiger partial charge in [0.1, 0.15) is 17.5 Å². The zero-order chi connectivity index (χ0) is 17.1. The fourth-order valence-electron chi connectivity index (χ4n) is 2.60. The van der Waals surface area contributed by atoms with Gasteiger partial charge in [-0.25, -0.2) is 9.97 Å². The summed E-state index contributed by atoms with van der Waals surface area (Å²) in [7, 11) is 0. The van der Waals surface area contributed by atoms with Crippen LogP contribution in [-0.4, -0.2) is 21.4 Å². The van der Waals surface area contributed by atoms with Crippen LogP contribution < -0.4 is 5.32 Å². The number of anilines is 1. The molecule has 0 aliphatic carbocycles. The summed E-state index contributed by atoms with van der Waals surface area (Å²) in [5.74, 6) is 0.647. The number of benzene rings is 2. The van der Waals surface area contributed by atoms with Crippen LogP contribution in [0, 0.1) is 0 Å². The van der Waals surface area contributed by atoms with Crippen molar-refractivity contribution in [2.45, 2.75) is 11.4 Å². The molecule has 0 spiro atoms. The number of thioether (sulfide) groups is 1. The van der Waals surface area contributed by atoms with Crippen molar-refractivity contribution in [2.75, 3.05) is 11.6 Å². The second kappa shape index (κ2) is 6.94. The van der Waals surface area contributed by atoms with Crippen LogP contribution in [0.2, 0.25) is 0 Å². The van der Waals surface area contributed by atoms with E-state index in [1.807, 2.05) is 30.3 Å². The molecule has 0 aliphatic heterocycles. The largest absolute Gasteiger partial charge is 0.363 e.